The first-order chi connectivity index (χ1) is 7.79. The van der Waals surface area contributed by atoms with Crippen LogP contribution in [0.2, 0.25) is 0 Å². The maximum Gasteiger partial charge on any atom is 0.146 e. The van der Waals surface area contributed by atoms with Gasteiger partial charge in [-0.25, -0.2) is 0 Å². The van der Waals surface area contributed by atoms with Gasteiger partial charge in [-0.3, -0.25) is 0 Å². The van der Waals surface area contributed by atoms with Gasteiger partial charge in [0.25, 0.3) is 0 Å². The zero-order valence-corrected chi connectivity index (χ0v) is 10.3. The number of unbranched alkanes of at least 4 members (excludes halogenated alkanes) is 1. The monoisotopic (exact) mass is 226 g/mol. The van der Waals surface area contributed by atoms with Crippen LogP contribution in [0.15, 0.2) is 12.7 Å². The van der Waals surface area contributed by atoms with Gasteiger partial charge in [-0.1, -0.05) is 31.8 Å². The maximum atomic E-state index is 5.52. The molecule has 0 aliphatic carbocycles. The zero-order valence-electron chi connectivity index (χ0n) is 10.3. The van der Waals surface area contributed by atoms with Crippen LogP contribution >= 0.6 is 0 Å². The summed E-state index contributed by atoms with van der Waals surface area (Å²) in [5, 5.41) is 0. The molecule has 0 bridgehead atoms. The van der Waals surface area contributed by atoms with Crippen molar-refractivity contribution in [2.45, 2.75) is 38.4 Å². The topological polar surface area (TPSA) is 27.7 Å². The van der Waals surface area contributed by atoms with Crippen molar-refractivity contribution in [1.29, 1.82) is 0 Å². The third kappa shape index (κ3) is 6.62. The second kappa shape index (κ2) is 10.7. The van der Waals surface area contributed by atoms with Gasteiger partial charge in [-0.05, 0) is 6.42 Å². The van der Waals surface area contributed by atoms with E-state index in [9.17, 15) is 0 Å². The van der Waals surface area contributed by atoms with E-state index >= 15 is 0 Å². The van der Waals surface area contributed by atoms with Crippen LogP contribution < -0.4 is 0 Å². The van der Waals surface area contributed by atoms with Crippen LogP contribution in [0, 0.1) is 12.3 Å². The lowest BCUT2D eigenvalue weighted by atomic mass is 10.1. The fourth-order valence-electron chi connectivity index (χ4n) is 1.32. The Bertz CT molecular complexity index is 200. The summed E-state index contributed by atoms with van der Waals surface area (Å²) in [6.45, 7) is 6.40. The third-order valence-electron chi connectivity index (χ3n) is 2.14. The predicted octanol–water partition coefficient (Wildman–Crippen LogP) is 2.37. The lowest BCUT2D eigenvalue weighted by Crippen LogP contribution is -2.31. The van der Waals surface area contributed by atoms with E-state index in [1.54, 1.807) is 13.2 Å². The lowest BCUT2D eigenvalue weighted by molar-refractivity contribution is -0.113. The second-order valence-electron chi connectivity index (χ2n) is 3.46. The molecule has 0 aliphatic heterocycles. The second-order valence-corrected chi connectivity index (χ2v) is 3.46. The SMILES string of the molecule is C#C[C@H](OCC=C)[C@H](CCCC)OCOC. The molecule has 0 N–H and O–H groups in total. The Labute approximate surface area is 98.8 Å². The molecule has 0 fully saturated rings. The van der Waals surface area contributed by atoms with Gasteiger partial charge in [0.05, 0.1) is 12.7 Å². The van der Waals surface area contributed by atoms with E-state index in [1.807, 2.05) is 0 Å². The van der Waals surface area contributed by atoms with Gasteiger partial charge < -0.3 is 14.2 Å². The van der Waals surface area contributed by atoms with E-state index in [0.717, 1.165) is 19.3 Å². The van der Waals surface area contributed by atoms with Crippen molar-refractivity contribution in [1.82, 2.24) is 0 Å². The van der Waals surface area contributed by atoms with E-state index in [0.29, 0.717) is 6.61 Å². The van der Waals surface area contributed by atoms with E-state index < -0.39 is 0 Å². The minimum absolute atomic E-state index is 0.107. The Kier molecular flexibility index (Phi) is 10.1. The highest BCUT2D eigenvalue weighted by Crippen LogP contribution is 2.12. The highest BCUT2D eigenvalue weighted by atomic mass is 16.7. The highest BCUT2D eigenvalue weighted by molar-refractivity contribution is 4.99. The van der Waals surface area contributed by atoms with Crippen LogP contribution in [0.4, 0.5) is 0 Å². The summed E-state index contributed by atoms with van der Waals surface area (Å²) in [5.74, 6) is 2.60. The molecule has 0 aromatic heterocycles. The first kappa shape index (κ1) is 15.2. The van der Waals surface area contributed by atoms with Crippen molar-refractivity contribution >= 4 is 0 Å². The first-order valence-electron chi connectivity index (χ1n) is 5.59. The zero-order chi connectivity index (χ0) is 12.2. The van der Waals surface area contributed by atoms with Gasteiger partial charge in [0.1, 0.15) is 12.9 Å². The molecule has 0 radical (unpaired) electrons. The normalized spacial score (nSPS) is 14.1. The maximum absolute atomic E-state index is 5.52. The van der Waals surface area contributed by atoms with Gasteiger partial charge in [0.2, 0.25) is 0 Å². The van der Waals surface area contributed by atoms with Crippen molar-refractivity contribution < 1.29 is 14.2 Å². The molecule has 0 aliphatic rings. The molecule has 0 unspecified atom stereocenters. The fourth-order valence-corrected chi connectivity index (χ4v) is 1.32. The van der Waals surface area contributed by atoms with Crippen LogP contribution in [-0.4, -0.2) is 32.7 Å². The van der Waals surface area contributed by atoms with Gasteiger partial charge in [0.15, 0.2) is 0 Å². The summed E-state index contributed by atoms with van der Waals surface area (Å²) in [6.07, 6.45) is 9.71. The molecule has 0 saturated carbocycles. The summed E-state index contributed by atoms with van der Waals surface area (Å²) >= 11 is 0. The Balaban J connectivity index is 4.18. The number of methoxy groups -OCH3 is 1. The molecule has 0 amide bonds. The summed E-state index contributed by atoms with van der Waals surface area (Å²) in [5.41, 5.74) is 0. The number of rotatable bonds is 10. The molecule has 0 aromatic carbocycles. The number of terminal acetylenes is 1. The summed E-state index contributed by atoms with van der Waals surface area (Å²) < 4.78 is 15.9. The van der Waals surface area contributed by atoms with Crippen LogP contribution in [0.3, 0.4) is 0 Å². The number of ether oxygens (including phenoxy) is 3. The van der Waals surface area contributed by atoms with Crippen LogP contribution in [-0.2, 0) is 14.2 Å². The van der Waals surface area contributed by atoms with E-state index in [-0.39, 0.29) is 19.0 Å². The third-order valence-corrected chi connectivity index (χ3v) is 2.14. The minimum Gasteiger partial charge on any atom is -0.359 e. The Morgan fingerprint density at radius 2 is 2.19 bits per heavy atom. The standard InChI is InChI=1S/C13H22O3/c1-5-8-9-13(16-11-14-4)12(7-3)15-10-6-2/h3,6,12-13H,2,5,8-11H2,1,4H3/t12-,13-/m0/s1. The highest BCUT2D eigenvalue weighted by Gasteiger charge is 2.20. The molecule has 0 rings (SSSR count). The molecular weight excluding hydrogens is 204 g/mol. The van der Waals surface area contributed by atoms with Crippen LogP contribution in [0.5, 0.6) is 0 Å². The average molecular weight is 226 g/mol. The molecule has 0 spiro atoms. The molecule has 16 heavy (non-hydrogen) atoms. The van der Waals surface area contributed by atoms with Crippen molar-refractivity contribution in [2.24, 2.45) is 0 Å². The minimum atomic E-state index is -0.334. The van der Waals surface area contributed by atoms with E-state index in [2.05, 4.69) is 19.4 Å². The van der Waals surface area contributed by atoms with Crippen molar-refractivity contribution in [3.63, 3.8) is 0 Å². The molecule has 3 nitrogen and oxygen atoms in total. The van der Waals surface area contributed by atoms with E-state index in [4.69, 9.17) is 20.6 Å². The van der Waals surface area contributed by atoms with E-state index in [1.165, 1.54) is 0 Å². The van der Waals surface area contributed by atoms with Crippen molar-refractivity contribution in [3.8, 4) is 12.3 Å². The Morgan fingerprint density at radius 3 is 2.69 bits per heavy atom. The van der Waals surface area contributed by atoms with Gasteiger partial charge in [-0.15, -0.1) is 13.0 Å². The Hall–Kier alpha value is -0.820. The molecule has 3 heteroatoms. The molecule has 92 valence electrons. The molecule has 0 heterocycles. The average Bonchev–Trinajstić information content (AvgIpc) is 2.32. The molecule has 0 saturated heterocycles. The smallest absolute Gasteiger partial charge is 0.146 e. The molecule has 2 atom stereocenters. The quantitative estimate of drug-likeness (QED) is 0.325. The van der Waals surface area contributed by atoms with Gasteiger partial charge in [0, 0.05) is 7.11 Å². The predicted molar refractivity (Wildman–Crippen MR) is 65.0 cm³/mol. The van der Waals surface area contributed by atoms with Gasteiger partial charge >= 0.3 is 0 Å². The first-order valence-corrected chi connectivity index (χ1v) is 5.59. The fraction of sp³-hybridized carbons (Fsp3) is 0.692. The van der Waals surface area contributed by atoms with Crippen LogP contribution in [0.25, 0.3) is 0 Å². The molecule has 0 aromatic rings. The van der Waals surface area contributed by atoms with Crippen molar-refractivity contribution in [2.75, 3.05) is 20.5 Å². The Morgan fingerprint density at radius 1 is 1.44 bits per heavy atom. The summed E-state index contributed by atoms with van der Waals surface area (Å²) in [6, 6.07) is 0. The number of hydrogen-bond donors (Lipinski definition) is 0. The molecular formula is C13H22O3. The number of hydrogen-bond acceptors (Lipinski definition) is 3. The lowest BCUT2D eigenvalue weighted by Gasteiger charge is -2.23. The largest absolute Gasteiger partial charge is 0.359 e. The summed E-state index contributed by atoms with van der Waals surface area (Å²) in [4.78, 5) is 0. The van der Waals surface area contributed by atoms with Gasteiger partial charge in [-0.2, -0.15) is 0 Å². The van der Waals surface area contributed by atoms with Crippen molar-refractivity contribution in [3.05, 3.63) is 12.7 Å². The summed E-state index contributed by atoms with van der Waals surface area (Å²) in [7, 11) is 1.59. The van der Waals surface area contributed by atoms with Crippen LogP contribution in [0.1, 0.15) is 26.2 Å².